The molecule has 0 saturated heterocycles. The van der Waals surface area contributed by atoms with Crippen LogP contribution in [0.5, 0.6) is 0 Å². The highest BCUT2D eigenvalue weighted by Crippen LogP contribution is 2.36. The fourth-order valence-electron chi connectivity index (χ4n) is 4.30. The van der Waals surface area contributed by atoms with Gasteiger partial charge in [-0.15, -0.1) is 0 Å². The third kappa shape index (κ3) is 2.21. The molecular formula is C23H23N2+. The molecule has 0 N–H and O–H groups in total. The Bertz CT molecular complexity index is 1100. The van der Waals surface area contributed by atoms with Crippen molar-refractivity contribution in [3.05, 3.63) is 66.4 Å². The Morgan fingerprint density at radius 2 is 1.80 bits per heavy atom. The number of rotatable bonds is 2. The minimum Gasteiger partial charge on any atom is -0.340 e. The third-order valence-corrected chi connectivity index (χ3v) is 5.38. The molecule has 0 atom stereocenters. The first-order valence-electron chi connectivity index (χ1n) is 9.25. The average molecular weight is 327 g/mol. The van der Waals surface area contributed by atoms with E-state index in [-0.39, 0.29) is 0 Å². The Balaban J connectivity index is 1.86. The maximum absolute atomic E-state index is 2.52. The number of para-hydroxylation sites is 1. The van der Waals surface area contributed by atoms with Crippen LogP contribution in [0.2, 0.25) is 0 Å². The first kappa shape index (κ1) is 14.7. The van der Waals surface area contributed by atoms with Gasteiger partial charge in [0.05, 0.1) is 5.56 Å². The second-order valence-electron chi connectivity index (χ2n) is 7.58. The van der Waals surface area contributed by atoms with Crippen LogP contribution in [0.1, 0.15) is 19.4 Å². The van der Waals surface area contributed by atoms with Crippen molar-refractivity contribution in [2.45, 2.75) is 33.4 Å². The number of hydrogen-bond donors (Lipinski definition) is 0. The Morgan fingerprint density at radius 3 is 2.68 bits per heavy atom. The van der Waals surface area contributed by atoms with Gasteiger partial charge in [0.15, 0.2) is 12.7 Å². The van der Waals surface area contributed by atoms with Crippen molar-refractivity contribution in [3.8, 4) is 11.3 Å². The summed E-state index contributed by atoms with van der Waals surface area (Å²) in [5.41, 5.74) is 6.96. The molecule has 1 aliphatic heterocycles. The molecule has 0 fully saturated rings. The standard InChI is InChI=1S/C23H23N2/c1-16(2)15-25-22-9-4-3-7-18(22)20-14-19-17(13-23(20)25)10-12-24-11-6-5-8-21(19)24/h3-9,11,13-14,16H,10,12,15H2,1-2H3/q+1. The molecule has 0 amide bonds. The highest BCUT2D eigenvalue weighted by Gasteiger charge is 2.24. The van der Waals surface area contributed by atoms with Gasteiger partial charge >= 0.3 is 0 Å². The van der Waals surface area contributed by atoms with Gasteiger partial charge in [-0.25, -0.2) is 0 Å². The van der Waals surface area contributed by atoms with Gasteiger partial charge < -0.3 is 4.57 Å². The van der Waals surface area contributed by atoms with E-state index in [4.69, 9.17) is 0 Å². The van der Waals surface area contributed by atoms with Crippen molar-refractivity contribution in [2.24, 2.45) is 5.92 Å². The lowest BCUT2D eigenvalue weighted by molar-refractivity contribution is -0.687. The van der Waals surface area contributed by atoms with E-state index in [2.05, 4.69) is 83.8 Å². The molecule has 25 heavy (non-hydrogen) atoms. The second-order valence-corrected chi connectivity index (χ2v) is 7.58. The summed E-state index contributed by atoms with van der Waals surface area (Å²) < 4.78 is 4.89. The van der Waals surface area contributed by atoms with Crippen LogP contribution in [-0.2, 0) is 19.5 Å². The monoisotopic (exact) mass is 327 g/mol. The summed E-state index contributed by atoms with van der Waals surface area (Å²) >= 11 is 0. The van der Waals surface area contributed by atoms with Crippen LogP contribution in [0.4, 0.5) is 0 Å². The molecular weight excluding hydrogens is 304 g/mol. The molecule has 0 radical (unpaired) electrons. The van der Waals surface area contributed by atoms with Crippen LogP contribution in [0.15, 0.2) is 60.8 Å². The summed E-state index contributed by atoms with van der Waals surface area (Å²) in [6.45, 7) is 6.73. The van der Waals surface area contributed by atoms with E-state index in [9.17, 15) is 0 Å². The van der Waals surface area contributed by atoms with Gasteiger partial charge in [0.1, 0.15) is 0 Å². The smallest absolute Gasteiger partial charge is 0.212 e. The molecule has 124 valence electrons. The highest BCUT2D eigenvalue weighted by molar-refractivity contribution is 6.09. The molecule has 0 spiro atoms. The lowest BCUT2D eigenvalue weighted by Gasteiger charge is -2.16. The topological polar surface area (TPSA) is 8.81 Å². The summed E-state index contributed by atoms with van der Waals surface area (Å²) in [4.78, 5) is 0. The van der Waals surface area contributed by atoms with Crippen molar-refractivity contribution in [1.82, 2.24) is 4.57 Å². The van der Waals surface area contributed by atoms with Crippen molar-refractivity contribution < 1.29 is 4.57 Å². The predicted octanol–water partition coefficient (Wildman–Crippen LogP) is 4.96. The number of aryl methyl sites for hydroxylation is 2. The van der Waals surface area contributed by atoms with Crippen molar-refractivity contribution in [2.75, 3.05) is 0 Å². The van der Waals surface area contributed by atoms with Crippen LogP contribution in [0.3, 0.4) is 0 Å². The number of nitrogens with zero attached hydrogens (tertiary/aromatic N) is 2. The van der Waals surface area contributed by atoms with Gasteiger partial charge in [0.2, 0.25) is 5.69 Å². The van der Waals surface area contributed by atoms with E-state index in [1.54, 1.807) is 0 Å². The quantitative estimate of drug-likeness (QED) is 0.460. The minimum atomic E-state index is 0.631. The van der Waals surface area contributed by atoms with Gasteiger partial charge in [0.25, 0.3) is 0 Å². The molecule has 3 heterocycles. The van der Waals surface area contributed by atoms with Crippen molar-refractivity contribution in [3.63, 3.8) is 0 Å². The predicted molar refractivity (Wildman–Crippen MR) is 104 cm³/mol. The van der Waals surface area contributed by atoms with E-state index >= 15 is 0 Å². The van der Waals surface area contributed by atoms with Crippen LogP contribution in [0.25, 0.3) is 33.1 Å². The summed E-state index contributed by atoms with van der Waals surface area (Å²) in [5, 5.41) is 2.75. The van der Waals surface area contributed by atoms with Crippen molar-refractivity contribution in [1.29, 1.82) is 0 Å². The Labute approximate surface area is 148 Å². The summed E-state index contributed by atoms with van der Waals surface area (Å²) in [6, 6.07) is 20.2. The lowest BCUT2D eigenvalue weighted by Crippen LogP contribution is -2.39. The van der Waals surface area contributed by atoms with Gasteiger partial charge in [-0.3, -0.25) is 0 Å². The molecule has 4 aromatic rings. The molecule has 0 bridgehead atoms. The molecule has 0 aliphatic carbocycles. The molecule has 0 saturated carbocycles. The summed E-state index contributed by atoms with van der Waals surface area (Å²) in [6.07, 6.45) is 3.31. The zero-order chi connectivity index (χ0) is 17.0. The molecule has 2 heteroatoms. The van der Waals surface area contributed by atoms with E-state index in [0.29, 0.717) is 5.92 Å². The lowest BCUT2D eigenvalue weighted by atomic mass is 9.95. The zero-order valence-electron chi connectivity index (χ0n) is 14.9. The molecule has 1 aliphatic rings. The molecule has 2 nitrogen and oxygen atoms in total. The van der Waals surface area contributed by atoms with Crippen LogP contribution >= 0.6 is 0 Å². The normalized spacial score (nSPS) is 13.4. The third-order valence-electron chi connectivity index (χ3n) is 5.38. The number of hydrogen-bond acceptors (Lipinski definition) is 0. The van der Waals surface area contributed by atoms with Crippen molar-refractivity contribution >= 4 is 21.8 Å². The highest BCUT2D eigenvalue weighted by atomic mass is 15.0. The summed E-state index contributed by atoms with van der Waals surface area (Å²) in [5.74, 6) is 0.631. The Hall–Kier alpha value is -2.61. The Kier molecular flexibility index (Phi) is 3.21. The largest absolute Gasteiger partial charge is 0.340 e. The maximum atomic E-state index is 2.52. The number of fused-ring (bicyclic) bond motifs is 6. The number of benzene rings is 2. The molecule has 2 aromatic carbocycles. The number of aromatic nitrogens is 2. The fraction of sp³-hybridized carbons (Fsp3) is 0.261. The van der Waals surface area contributed by atoms with Crippen LogP contribution in [-0.4, -0.2) is 4.57 Å². The van der Waals surface area contributed by atoms with Crippen LogP contribution < -0.4 is 4.57 Å². The molecule has 0 unspecified atom stereocenters. The summed E-state index contributed by atoms with van der Waals surface area (Å²) in [7, 11) is 0. The van der Waals surface area contributed by atoms with E-state index in [1.807, 2.05) is 0 Å². The first-order chi connectivity index (χ1) is 12.2. The second kappa shape index (κ2) is 5.45. The van der Waals surface area contributed by atoms with E-state index in [0.717, 1.165) is 19.5 Å². The first-order valence-corrected chi connectivity index (χ1v) is 9.25. The minimum absolute atomic E-state index is 0.631. The Morgan fingerprint density at radius 1 is 0.960 bits per heavy atom. The maximum Gasteiger partial charge on any atom is 0.212 e. The fourth-order valence-corrected chi connectivity index (χ4v) is 4.30. The van der Waals surface area contributed by atoms with E-state index in [1.165, 1.54) is 38.6 Å². The van der Waals surface area contributed by atoms with Crippen LogP contribution in [0, 0.1) is 5.92 Å². The van der Waals surface area contributed by atoms with Gasteiger partial charge in [-0.2, -0.15) is 4.57 Å². The zero-order valence-corrected chi connectivity index (χ0v) is 14.9. The van der Waals surface area contributed by atoms with E-state index < -0.39 is 0 Å². The SMILES string of the molecule is CC(C)Cn1c2ccccc2c2cc3c(cc21)CC[n+]1ccccc1-3. The van der Waals surface area contributed by atoms with Gasteiger partial charge in [-0.1, -0.05) is 32.0 Å². The average Bonchev–Trinajstić information content (AvgIpc) is 2.93. The van der Waals surface area contributed by atoms with Gasteiger partial charge in [0, 0.05) is 46.9 Å². The van der Waals surface area contributed by atoms with Gasteiger partial charge in [-0.05, 0) is 35.7 Å². The molecule has 2 aromatic heterocycles. The number of pyridine rings is 1. The molecule has 5 rings (SSSR count).